The number of ether oxygens (including phenoxy) is 1. The zero-order valence-corrected chi connectivity index (χ0v) is 30.8. The van der Waals surface area contributed by atoms with Gasteiger partial charge in [0.15, 0.2) is 5.82 Å². The van der Waals surface area contributed by atoms with Crippen LogP contribution >= 0.6 is 0 Å². The van der Waals surface area contributed by atoms with Crippen molar-refractivity contribution in [3.8, 4) is 28.4 Å². The average Bonchev–Trinajstić information content (AvgIpc) is 3.76. The first-order chi connectivity index (χ1) is 27.1. The van der Waals surface area contributed by atoms with Gasteiger partial charge in [0, 0.05) is 69.6 Å². The number of aromatic amines is 1. The summed E-state index contributed by atoms with van der Waals surface area (Å²) in [6.45, 7) is 2.84. The summed E-state index contributed by atoms with van der Waals surface area (Å²) in [5, 5.41) is 10.6. The number of methoxy groups -OCH3 is 1. The van der Waals surface area contributed by atoms with E-state index in [4.69, 9.17) is 4.74 Å². The number of benzene rings is 3. The third-order valence-electron chi connectivity index (χ3n) is 10.6. The van der Waals surface area contributed by atoms with Crippen molar-refractivity contribution in [2.75, 3.05) is 57.1 Å². The molecule has 2 N–H and O–H groups in total. The van der Waals surface area contributed by atoms with E-state index in [2.05, 4.69) is 30.4 Å². The van der Waals surface area contributed by atoms with Crippen molar-refractivity contribution in [3.63, 3.8) is 0 Å². The van der Waals surface area contributed by atoms with Crippen molar-refractivity contribution in [3.05, 3.63) is 83.8 Å². The number of piperazine rings is 1. The van der Waals surface area contributed by atoms with Crippen LogP contribution in [-0.4, -0.2) is 117 Å². The summed E-state index contributed by atoms with van der Waals surface area (Å²) in [6.07, 6.45) is 2.55. The number of likely N-dealkylation sites (tertiary alicyclic amines) is 1. The second-order valence-electron chi connectivity index (χ2n) is 13.8. The van der Waals surface area contributed by atoms with E-state index in [0.29, 0.717) is 73.7 Å². The minimum absolute atomic E-state index is 0.0340. The molecule has 5 amide bonds. The number of aromatic nitrogens is 4. The standard InChI is InChI=1S/C40H38FN9O6/c1-47-31(51)16-15-29(39(47)54)50-38(53)25-6-3-8-27(33(25)40(50)55)42-17-5-10-32(52)49-20-18-48(19-21-49)24-13-11-23(12-14-24)35-36-28(45-46-35)22-43-37(44-36)34-26(41)7-4-9-30(34)56-2/h3-4,6-9,11-14,22,29,42H,5,10,15-21H2,1-2H3,(H,45,46). The number of likely N-dealkylation sites (N-methyl/N-ethyl adjacent to an activating group) is 1. The summed E-state index contributed by atoms with van der Waals surface area (Å²) in [4.78, 5) is 79.6. The van der Waals surface area contributed by atoms with Crippen LogP contribution in [0.15, 0.2) is 66.9 Å². The predicted octanol–water partition coefficient (Wildman–Crippen LogP) is 4.12. The van der Waals surface area contributed by atoms with Gasteiger partial charge in [-0.15, -0.1) is 0 Å². The van der Waals surface area contributed by atoms with Gasteiger partial charge in [0.1, 0.15) is 34.3 Å². The maximum Gasteiger partial charge on any atom is 0.264 e. The van der Waals surface area contributed by atoms with Gasteiger partial charge in [-0.3, -0.25) is 38.9 Å². The first-order valence-corrected chi connectivity index (χ1v) is 18.4. The topological polar surface area (TPSA) is 174 Å². The van der Waals surface area contributed by atoms with E-state index in [1.54, 1.807) is 36.5 Å². The van der Waals surface area contributed by atoms with Crippen LogP contribution in [0.1, 0.15) is 46.4 Å². The second-order valence-corrected chi connectivity index (χ2v) is 13.8. The normalized spacial score (nSPS) is 17.2. The molecule has 0 spiro atoms. The van der Waals surface area contributed by atoms with E-state index in [0.717, 1.165) is 21.1 Å². The van der Waals surface area contributed by atoms with Gasteiger partial charge in [-0.25, -0.2) is 14.4 Å². The maximum atomic E-state index is 14.8. The van der Waals surface area contributed by atoms with Crippen molar-refractivity contribution >= 4 is 51.9 Å². The lowest BCUT2D eigenvalue weighted by molar-refractivity contribution is -0.149. The zero-order chi connectivity index (χ0) is 39.1. The third kappa shape index (κ3) is 6.46. The molecule has 2 fully saturated rings. The van der Waals surface area contributed by atoms with Gasteiger partial charge in [0.05, 0.1) is 30.0 Å². The number of carbonyl (C=O) groups excluding carboxylic acids is 5. The minimum Gasteiger partial charge on any atom is -0.496 e. The molecule has 2 saturated heterocycles. The number of fused-ring (bicyclic) bond motifs is 2. The highest BCUT2D eigenvalue weighted by Crippen LogP contribution is 2.35. The molecule has 286 valence electrons. The molecule has 8 rings (SSSR count). The van der Waals surface area contributed by atoms with Gasteiger partial charge in [0.25, 0.3) is 17.7 Å². The van der Waals surface area contributed by atoms with E-state index < -0.39 is 29.6 Å². The van der Waals surface area contributed by atoms with E-state index >= 15 is 0 Å². The van der Waals surface area contributed by atoms with Crippen LogP contribution in [0.25, 0.3) is 33.7 Å². The van der Waals surface area contributed by atoms with Gasteiger partial charge in [-0.1, -0.05) is 24.3 Å². The van der Waals surface area contributed by atoms with Crippen LogP contribution < -0.4 is 15.0 Å². The molecule has 1 unspecified atom stereocenters. The van der Waals surface area contributed by atoms with Crippen LogP contribution in [-0.2, 0) is 14.4 Å². The molecule has 15 nitrogen and oxygen atoms in total. The highest BCUT2D eigenvalue weighted by Gasteiger charge is 2.47. The summed E-state index contributed by atoms with van der Waals surface area (Å²) in [6, 6.07) is 16.4. The van der Waals surface area contributed by atoms with Crippen LogP contribution in [0.3, 0.4) is 0 Å². The van der Waals surface area contributed by atoms with Crippen molar-refractivity contribution in [1.82, 2.24) is 34.9 Å². The van der Waals surface area contributed by atoms with Gasteiger partial charge in [-0.05, 0) is 49.2 Å². The quantitative estimate of drug-likeness (QED) is 0.155. The monoisotopic (exact) mass is 759 g/mol. The van der Waals surface area contributed by atoms with Crippen molar-refractivity contribution in [2.24, 2.45) is 0 Å². The first kappa shape index (κ1) is 36.3. The summed E-state index contributed by atoms with van der Waals surface area (Å²) >= 11 is 0. The molecule has 0 aliphatic carbocycles. The molecule has 0 saturated carbocycles. The smallest absolute Gasteiger partial charge is 0.264 e. The average molecular weight is 760 g/mol. The summed E-state index contributed by atoms with van der Waals surface area (Å²) in [7, 11) is 2.83. The Morgan fingerprint density at radius 1 is 0.964 bits per heavy atom. The lowest BCUT2D eigenvalue weighted by Crippen LogP contribution is -2.54. The zero-order valence-electron chi connectivity index (χ0n) is 30.8. The largest absolute Gasteiger partial charge is 0.496 e. The molecular weight excluding hydrogens is 721 g/mol. The molecule has 3 aliphatic rings. The van der Waals surface area contributed by atoms with Crippen molar-refractivity contribution < 1.29 is 33.1 Å². The van der Waals surface area contributed by atoms with Crippen molar-refractivity contribution in [2.45, 2.75) is 31.7 Å². The predicted molar refractivity (Wildman–Crippen MR) is 203 cm³/mol. The Morgan fingerprint density at radius 3 is 2.50 bits per heavy atom. The number of carbonyl (C=O) groups is 5. The number of imide groups is 2. The highest BCUT2D eigenvalue weighted by atomic mass is 19.1. The Hall–Kier alpha value is -6.71. The lowest BCUT2D eigenvalue weighted by atomic mass is 10.0. The molecule has 0 radical (unpaired) electrons. The number of hydrogen-bond acceptors (Lipinski definition) is 11. The first-order valence-electron chi connectivity index (χ1n) is 18.4. The summed E-state index contributed by atoms with van der Waals surface area (Å²) in [5.74, 6) is -1.97. The highest BCUT2D eigenvalue weighted by molar-refractivity contribution is 6.25. The number of halogens is 1. The summed E-state index contributed by atoms with van der Waals surface area (Å²) < 4.78 is 20.1. The van der Waals surface area contributed by atoms with Crippen molar-refractivity contribution in [1.29, 1.82) is 0 Å². The Bertz CT molecular complexity index is 2390. The number of rotatable bonds is 10. The number of amides is 5. The van der Waals surface area contributed by atoms with E-state index in [-0.39, 0.29) is 47.2 Å². The van der Waals surface area contributed by atoms with Crippen LogP contribution in [0, 0.1) is 5.82 Å². The molecule has 0 bridgehead atoms. The molecule has 3 aliphatic heterocycles. The van der Waals surface area contributed by atoms with Crippen LogP contribution in [0.4, 0.5) is 15.8 Å². The molecule has 2 aromatic heterocycles. The molecule has 1 atom stereocenters. The Morgan fingerprint density at radius 2 is 1.73 bits per heavy atom. The third-order valence-corrected chi connectivity index (χ3v) is 10.6. The lowest BCUT2D eigenvalue weighted by Gasteiger charge is -2.36. The Kier molecular flexibility index (Phi) is 9.62. The number of piperidine rings is 1. The number of hydrogen-bond donors (Lipinski definition) is 2. The minimum atomic E-state index is -1.03. The molecule has 5 aromatic rings. The molecule has 3 aromatic carbocycles. The van der Waals surface area contributed by atoms with Crippen LogP contribution in [0.5, 0.6) is 5.75 Å². The fourth-order valence-corrected chi connectivity index (χ4v) is 7.56. The Labute approximate surface area is 320 Å². The molecular formula is C40H38FN9O6. The summed E-state index contributed by atoms with van der Waals surface area (Å²) in [5.41, 5.74) is 4.65. The number of nitrogens with one attached hydrogen (secondary N) is 2. The number of H-pyrrole nitrogens is 1. The fraction of sp³-hybridized carbons (Fsp3) is 0.300. The Balaban J connectivity index is 0.843. The van der Waals surface area contributed by atoms with Gasteiger partial charge in [-0.2, -0.15) is 5.10 Å². The molecule has 16 heteroatoms. The van der Waals surface area contributed by atoms with E-state index in [1.165, 1.54) is 20.2 Å². The van der Waals surface area contributed by atoms with E-state index in [9.17, 15) is 28.4 Å². The van der Waals surface area contributed by atoms with Gasteiger partial charge < -0.3 is 19.9 Å². The second kappa shape index (κ2) is 14.8. The number of nitrogens with zero attached hydrogens (tertiary/aromatic N) is 7. The fourth-order valence-electron chi connectivity index (χ4n) is 7.56. The number of anilines is 2. The molecule has 5 heterocycles. The maximum absolute atomic E-state index is 14.8. The molecule has 56 heavy (non-hydrogen) atoms. The SMILES string of the molecule is COc1cccc(F)c1-c1ncc2[nH]nc(-c3ccc(N4CCN(C(=O)CCCNc5cccc6c5C(=O)N(C5CCC(=O)N(C)C5=O)C6=O)CC4)cc3)c2n1. The van der Waals surface area contributed by atoms with E-state index in [1.807, 2.05) is 29.2 Å². The van der Waals surface area contributed by atoms with Crippen LogP contribution in [0.2, 0.25) is 0 Å². The van der Waals surface area contributed by atoms with Gasteiger partial charge in [0.2, 0.25) is 11.8 Å². The van der Waals surface area contributed by atoms with Gasteiger partial charge >= 0.3 is 0 Å².